The van der Waals surface area contributed by atoms with E-state index in [1.165, 1.54) is 0 Å². The molecule has 0 N–H and O–H groups in total. The fourth-order valence-corrected chi connectivity index (χ4v) is 2.73. The van der Waals surface area contributed by atoms with Crippen molar-refractivity contribution in [3.8, 4) is 0 Å². The first-order valence-corrected chi connectivity index (χ1v) is 8.00. The molecule has 0 radical (unpaired) electrons. The maximum atomic E-state index is 12.3. The van der Waals surface area contributed by atoms with Crippen molar-refractivity contribution in [1.29, 1.82) is 0 Å². The van der Waals surface area contributed by atoms with Crippen molar-refractivity contribution in [3.05, 3.63) is 68.0 Å². The summed E-state index contributed by atoms with van der Waals surface area (Å²) in [5, 5.41) is 0.682. The van der Waals surface area contributed by atoms with Crippen molar-refractivity contribution in [2.75, 3.05) is 20.1 Å². The van der Waals surface area contributed by atoms with Gasteiger partial charge in [-0.1, -0.05) is 46.6 Å². The van der Waals surface area contributed by atoms with Gasteiger partial charge < -0.3 is 9.47 Å². The summed E-state index contributed by atoms with van der Waals surface area (Å²) < 4.78 is 2.54. The number of likely N-dealkylation sites (N-methyl/N-ethyl adjacent to an activating group) is 1. The van der Waals surface area contributed by atoms with Crippen LogP contribution in [-0.2, 0) is 0 Å². The standard InChI is InChI=1S/C16H18BrClN2O/c1-3-19(2)11-15(12-5-4-6-14(18)9-12)20-8-7-13(17)10-16(20)21/h4-10,15H,3,11H2,1-2H3. The Morgan fingerprint density at radius 3 is 2.71 bits per heavy atom. The van der Waals surface area contributed by atoms with Gasteiger partial charge in [-0.3, -0.25) is 4.79 Å². The summed E-state index contributed by atoms with van der Waals surface area (Å²) in [6.45, 7) is 3.76. The summed E-state index contributed by atoms with van der Waals surface area (Å²) in [6.07, 6.45) is 1.82. The lowest BCUT2D eigenvalue weighted by molar-refractivity contribution is 0.306. The largest absolute Gasteiger partial charge is 0.307 e. The van der Waals surface area contributed by atoms with E-state index in [0.717, 1.165) is 23.1 Å². The molecule has 2 aromatic rings. The molecule has 0 fully saturated rings. The second kappa shape index (κ2) is 7.25. The fourth-order valence-electron chi connectivity index (χ4n) is 2.22. The lowest BCUT2D eigenvalue weighted by Crippen LogP contribution is -2.33. The molecule has 1 heterocycles. The highest BCUT2D eigenvalue weighted by molar-refractivity contribution is 9.10. The number of hydrogen-bond acceptors (Lipinski definition) is 2. The minimum atomic E-state index is -0.0609. The summed E-state index contributed by atoms with van der Waals surface area (Å²) in [6, 6.07) is 11.1. The third-order valence-electron chi connectivity index (χ3n) is 3.50. The molecule has 0 aliphatic heterocycles. The predicted molar refractivity (Wildman–Crippen MR) is 91.2 cm³/mol. The summed E-state index contributed by atoms with van der Waals surface area (Å²) >= 11 is 9.44. The van der Waals surface area contributed by atoms with Crippen LogP contribution < -0.4 is 5.56 Å². The van der Waals surface area contributed by atoms with Crippen LogP contribution in [0.3, 0.4) is 0 Å². The molecule has 0 bridgehead atoms. The first-order chi connectivity index (χ1) is 10.0. The summed E-state index contributed by atoms with van der Waals surface area (Å²) in [4.78, 5) is 14.5. The number of aromatic nitrogens is 1. The van der Waals surface area contributed by atoms with E-state index in [-0.39, 0.29) is 11.6 Å². The molecule has 0 amide bonds. The second-order valence-electron chi connectivity index (χ2n) is 5.02. The zero-order valence-electron chi connectivity index (χ0n) is 12.1. The smallest absolute Gasteiger partial charge is 0.252 e. The van der Waals surface area contributed by atoms with Crippen LogP contribution >= 0.6 is 27.5 Å². The average molecular weight is 370 g/mol. The Morgan fingerprint density at radius 2 is 2.10 bits per heavy atom. The maximum Gasteiger partial charge on any atom is 0.252 e. The fraction of sp³-hybridized carbons (Fsp3) is 0.312. The van der Waals surface area contributed by atoms with Crippen LogP contribution in [0.4, 0.5) is 0 Å². The van der Waals surface area contributed by atoms with Gasteiger partial charge in [-0.15, -0.1) is 0 Å². The van der Waals surface area contributed by atoms with Gasteiger partial charge in [0.05, 0.1) is 6.04 Å². The number of pyridine rings is 1. The zero-order chi connectivity index (χ0) is 15.4. The van der Waals surface area contributed by atoms with Gasteiger partial charge in [0.2, 0.25) is 0 Å². The monoisotopic (exact) mass is 368 g/mol. The quantitative estimate of drug-likeness (QED) is 0.801. The van der Waals surface area contributed by atoms with Crippen molar-refractivity contribution < 1.29 is 0 Å². The van der Waals surface area contributed by atoms with Crippen molar-refractivity contribution in [2.24, 2.45) is 0 Å². The van der Waals surface area contributed by atoms with Gasteiger partial charge >= 0.3 is 0 Å². The minimum absolute atomic E-state index is 0.0288. The van der Waals surface area contributed by atoms with Crippen molar-refractivity contribution in [3.63, 3.8) is 0 Å². The van der Waals surface area contributed by atoms with Crippen LogP contribution in [0, 0.1) is 0 Å². The highest BCUT2D eigenvalue weighted by atomic mass is 79.9. The Kier molecular flexibility index (Phi) is 5.62. The Hall–Kier alpha value is -1.10. The van der Waals surface area contributed by atoms with E-state index >= 15 is 0 Å². The molecule has 112 valence electrons. The molecule has 0 aliphatic rings. The maximum absolute atomic E-state index is 12.3. The first kappa shape index (κ1) is 16.3. The molecule has 0 saturated carbocycles. The summed E-state index contributed by atoms with van der Waals surface area (Å²) in [5.74, 6) is 0. The summed E-state index contributed by atoms with van der Waals surface area (Å²) in [7, 11) is 2.04. The van der Waals surface area contributed by atoms with Crippen molar-refractivity contribution >= 4 is 27.5 Å². The minimum Gasteiger partial charge on any atom is -0.307 e. The molecule has 1 unspecified atom stereocenters. The predicted octanol–water partition coefficient (Wildman–Crippen LogP) is 3.81. The van der Waals surface area contributed by atoms with Gasteiger partial charge in [-0.2, -0.15) is 0 Å². The average Bonchev–Trinajstić information content (AvgIpc) is 2.45. The van der Waals surface area contributed by atoms with E-state index < -0.39 is 0 Å². The molecule has 1 aromatic heterocycles. The third kappa shape index (κ3) is 4.19. The number of hydrogen-bond donors (Lipinski definition) is 0. The zero-order valence-corrected chi connectivity index (χ0v) is 14.4. The molecule has 0 saturated heterocycles. The number of benzene rings is 1. The molecule has 3 nitrogen and oxygen atoms in total. The molecule has 0 aliphatic carbocycles. The Balaban J connectivity index is 2.47. The SMILES string of the molecule is CCN(C)CC(c1cccc(Cl)c1)n1ccc(Br)cc1=O. The molecular formula is C16H18BrClN2O. The van der Waals surface area contributed by atoms with Crippen LogP contribution in [0.1, 0.15) is 18.5 Å². The molecular weight excluding hydrogens is 352 g/mol. The van der Waals surface area contributed by atoms with E-state index in [1.807, 2.05) is 43.6 Å². The van der Waals surface area contributed by atoms with E-state index in [0.29, 0.717) is 5.02 Å². The third-order valence-corrected chi connectivity index (χ3v) is 4.23. The number of halogens is 2. The Bertz CT molecular complexity index is 671. The van der Waals surface area contributed by atoms with E-state index in [4.69, 9.17) is 11.6 Å². The second-order valence-corrected chi connectivity index (χ2v) is 6.37. The van der Waals surface area contributed by atoms with Crippen molar-refractivity contribution in [2.45, 2.75) is 13.0 Å². The highest BCUT2D eigenvalue weighted by Gasteiger charge is 2.17. The topological polar surface area (TPSA) is 25.2 Å². The van der Waals surface area contributed by atoms with E-state index in [2.05, 4.69) is 27.8 Å². The van der Waals surface area contributed by atoms with Gasteiger partial charge in [0.15, 0.2) is 0 Å². The van der Waals surface area contributed by atoms with E-state index in [9.17, 15) is 4.79 Å². The number of nitrogens with zero attached hydrogens (tertiary/aromatic N) is 2. The van der Waals surface area contributed by atoms with Crippen LogP contribution in [0.15, 0.2) is 51.9 Å². The Morgan fingerprint density at radius 1 is 1.33 bits per heavy atom. The van der Waals surface area contributed by atoms with Crippen LogP contribution in [0.5, 0.6) is 0 Å². The summed E-state index contributed by atoms with van der Waals surface area (Å²) in [5.41, 5.74) is 1.01. The van der Waals surface area contributed by atoms with Gasteiger partial charge in [0.1, 0.15) is 0 Å². The van der Waals surface area contributed by atoms with Crippen molar-refractivity contribution in [1.82, 2.24) is 9.47 Å². The molecule has 2 rings (SSSR count). The lowest BCUT2D eigenvalue weighted by atomic mass is 10.1. The van der Waals surface area contributed by atoms with Crippen LogP contribution in [0.25, 0.3) is 0 Å². The molecule has 0 spiro atoms. The lowest BCUT2D eigenvalue weighted by Gasteiger charge is -2.25. The molecule has 5 heteroatoms. The first-order valence-electron chi connectivity index (χ1n) is 6.83. The normalized spacial score (nSPS) is 12.6. The highest BCUT2D eigenvalue weighted by Crippen LogP contribution is 2.22. The van der Waals surface area contributed by atoms with Gasteiger partial charge in [0.25, 0.3) is 5.56 Å². The van der Waals surface area contributed by atoms with Crippen LogP contribution in [0.2, 0.25) is 5.02 Å². The molecule has 21 heavy (non-hydrogen) atoms. The van der Waals surface area contributed by atoms with Crippen LogP contribution in [-0.4, -0.2) is 29.6 Å². The van der Waals surface area contributed by atoms with Gasteiger partial charge in [-0.25, -0.2) is 0 Å². The molecule has 1 atom stereocenters. The van der Waals surface area contributed by atoms with Gasteiger partial charge in [-0.05, 0) is 37.4 Å². The Labute approximate surface area is 138 Å². The van der Waals surface area contributed by atoms with E-state index in [1.54, 1.807) is 10.6 Å². The molecule has 1 aromatic carbocycles. The number of rotatable bonds is 5. The van der Waals surface area contributed by atoms with Gasteiger partial charge in [0, 0.05) is 28.3 Å².